The number of nitrogens with one attached hydrogen (secondary N) is 1. The molecular formula is C25H33FN2O2S. The lowest BCUT2D eigenvalue weighted by atomic mass is 10.1. The van der Waals surface area contributed by atoms with Crippen molar-refractivity contribution in [3.8, 4) is 0 Å². The number of hydrogen-bond donors (Lipinski definition) is 1. The molecule has 4 nitrogen and oxygen atoms in total. The molecule has 2 aromatic carbocycles. The SMILES string of the molecule is CC[C@H](C)NC(=O)[C@H](CC)N(CCc1ccccc1)C(=O)CSCc1ccc(F)cc1. The molecule has 1 N–H and O–H groups in total. The van der Waals surface area contributed by atoms with Crippen LogP contribution in [0.5, 0.6) is 0 Å². The molecule has 2 aromatic rings. The van der Waals surface area contributed by atoms with E-state index in [4.69, 9.17) is 0 Å². The van der Waals surface area contributed by atoms with Crippen LogP contribution < -0.4 is 5.32 Å². The first-order valence-electron chi connectivity index (χ1n) is 10.9. The molecule has 0 spiro atoms. The molecule has 0 aromatic heterocycles. The van der Waals surface area contributed by atoms with Gasteiger partial charge in [0, 0.05) is 18.3 Å². The molecule has 0 heterocycles. The van der Waals surface area contributed by atoms with E-state index in [2.05, 4.69) is 5.32 Å². The Hall–Kier alpha value is -2.34. The van der Waals surface area contributed by atoms with Crippen molar-refractivity contribution in [3.05, 3.63) is 71.5 Å². The molecule has 0 aliphatic carbocycles. The molecule has 0 bridgehead atoms. The topological polar surface area (TPSA) is 49.4 Å². The van der Waals surface area contributed by atoms with Crippen molar-refractivity contribution in [1.82, 2.24) is 10.2 Å². The molecule has 31 heavy (non-hydrogen) atoms. The van der Waals surface area contributed by atoms with E-state index in [1.54, 1.807) is 17.0 Å². The highest BCUT2D eigenvalue weighted by atomic mass is 32.2. The van der Waals surface area contributed by atoms with Crippen LogP contribution in [0.4, 0.5) is 4.39 Å². The monoisotopic (exact) mass is 444 g/mol. The van der Waals surface area contributed by atoms with Crippen LogP contribution in [0.1, 0.15) is 44.7 Å². The summed E-state index contributed by atoms with van der Waals surface area (Å²) >= 11 is 1.48. The van der Waals surface area contributed by atoms with Gasteiger partial charge >= 0.3 is 0 Å². The molecule has 2 amide bonds. The second-order valence-corrected chi connectivity index (χ2v) is 8.67. The van der Waals surface area contributed by atoms with E-state index in [0.717, 1.165) is 17.5 Å². The second kappa shape index (κ2) is 13.2. The fraction of sp³-hybridized carbons (Fsp3) is 0.440. The van der Waals surface area contributed by atoms with Crippen LogP contribution in [-0.4, -0.2) is 41.1 Å². The first kappa shape index (κ1) is 24.9. The first-order chi connectivity index (χ1) is 14.9. The zero-order valence-corrected chi connectivity index (χ0v) is 19.5. The van der Waals surface area contributed by atoms with Crippen molar-refractivity contribution >= 4 is 23.6 Å². The number of hydrogen-bond acceptors (Lipinski definition) is 3. The number of halogens is 1. The molecule has 0 radical (unpaired) electrons. The van der Waals surface area contributed by atoms with Crippen molar-refractivity contribution in [3.63, 3.8) is 0 Å². The summed E-state index contributed by atoms with van der Waals surface area (Å²) < 4.78 is 13.1. The van der Waals surface area contributed by atoms with Crippen LogP contribution in [-0.2, 0) is 21.8 Å². The molecule has 168 valence electrons. The maximum atomic E-state index is 13.1. The fourth-order valence-electron chi connectivity index (χ4n) is 3.26. The largest absolute Gasteiger partial charge is 0.352 e. The van der Waals surface area contributed by atoms with Gasteiger partial charge in [-0.3, -0.25) is 9.59 Å². The summed E-state index contributed by atoms with van der Waals surface area (Å²) in [6.45, 7) is 6.43. The summed E-state index contributed by atoms with van der Waals surface area (Å²) in [5.41, 5.74) is 2.10. The lowest BCUT2D eigenvalue weighted by Gasteiger charge is -2.31. The highest BCUT2D eigenvalue weighted by Gasteiger charge is 2.28. The van der Waals surface area contributed by atoms with Crippen molar-refractivity contribution in [1.29, 1.82) is 0 Å². The van der Waals surface area contributed by atoms with Gasteiger partial charge in [-0.2, -0.15) is 0 Å². The molecule has 2 atom stereocenters. The molecular weight excluding hydrogens is 411 g/mol. The highest BCUT2D eigenvalue weighted by molar-refractivity contribution is 7.99. The molecule has 0 aliphatic heterocycles. The molecule has 0 fully saturated rings. The van der Waals surface area contributed by atoms with E-state index < -0.39 is 6.04 Å². The Bertz CT molecular complexity index is 814. The standard InChI is InChI=1S/C25H33FN2O2S/c1-4-19(3)27-25(30)23(5-2)28(16-15-20-9-7-6-8-10-20)24(29)18-31-17-21-11-13-22(26)14-12-21/h6-14,19,23H,4-5,15-18H2,1-3H3,(H,27,30)/t19-,23-/m0/s1. The lowest BCUT2D eigenvalue weighted by Crippen LogP contribution is -2.52. The van der Waals surface area contributed by atoms with Gasteiger partial charge in [0.1, 0.15) is 11.9 Å². The summed E-state index contributed by atoms with van der Waals surface area (Å²) in [5, 5.41) is 3.03. The summed E-state index contributed by atoms with van der Waals surface area (Å²) in [6, 6.07) is 15.9. The van der Waals surface area contributed by atoms with E-state index in [9.17, 15) is 14.0 Å². The van der Waals surface area contributed by atoms with Gasteiger partial charge in [-0.05, 0) is 49.4 Å². The summed E-state index contributed by atoms with van der Waals surface area (Å²) in [5.74, 6) is 0.485. The molecule has 0 saturated carbocycles. The van der Waals surface area contributed by atoms with Gasteiger partial charge in [0.25, 0.3) is 0 Å². The predicted molar refractivity (Wildman–Crippen MR) is 126 cm³/mol. The van der Waals surface area contributed by atoms with Crippen molar-refractivity contribution in [2.45, 2.75) is 57.9 Å². The minimum absolute atomic E-state index is 0.0470. The predicted octanol–water partition coefficient (Wildman–Crippen LogP) is 4.82. The average Bonchev–Trinajstić information content (AvgIpc) is 2.78. The number of rotatable bonds is 12. The number of carbonyl (C=O) groups is 2. The Kier molecular flexibility index (Phi) is 10.6. The van der Waals surface area contributed by atoms with E-state index in [-0.39, 0.29) is 29.4 Å². The van der Waals surface area contributed by atoms with Crippen LogP contribution >= 0.6 is 11.8 Å². The van der Waals surface area contributed by atoms with Gasteiger partial charge in [-0.25, -0.2) is 4.39 Å². The van der Waals surface area contributed by atoms with Crippen molar-refractivity contribution < 1.29 is 14.0 Å². The van der Waals surface area contributed by atoms with Crippen LogP contribution in [0.2, 0.25) is 0 Å². The summed E-state index contributed by atoms with van der Waals surface area (Å²) in [6.07, 6.45) is 2.10. The van der Waals surface area contributed by atoms with E-state index in [1.165, 1.54) is 23.9 Å². The lowest BCUT2D eigenvalue weighted by molar-refractivity contribution is -0.139. The number of nitrogens with zero attached hydrogens (tertiary/aromatic N) is 1. The van der Waals surface area contributed by atoms with Crippen LogP contribution in [0, 0.1) is 5.82 Å². The van der Waals surface area contributed by atoms with Gasteiger partial charge in [-0.15, -0.1) is 11.8 Å². The third-order valence-corrected chi connectivity index (χ3v) is 6.27. The average molecular weight is 445 g/mol. The molecule has 0 saturated heterocycles. The van der Waals surface area contributed by atoms with Gasteiger partial charge in [-0.1, -0.05) is 56.3 Å². The van der Waals surface area contributed by atoms with E-state index in [1.807, 2.05) is 51.1 Å². The Labute approximate surface area is 189 Å². The molecule has 0 unspecified atom stereocenters. The van der Waals surface area contributed by atoms with Crippen molar-refractivity contribution in [2.75, 3.05) is 12.3 Å². The van der Waals surface area contributed by atoms with Crippen LogP contribution in [0.25, 0.3) is 0 Å². The zero-order valence-electron chi connectivity index (χ0n) is 18.6. The normalized spacial score (nSPS) is 12.8. The van der Waals surface area contributed by atoms with Gasteiger partial charge < -0.3 is 10.2 Å². The molecule has 2 rings (SSSR count). The number of amides is 2. The van der Waals surface area contributed by atoms with E-state index in [0.29, 0.717) is 25.1 Å². The highest BCUT2D eigenvalue weighted by Crippen LogP contribution is 2.16. The second-order valence-electron chi connectivity index (χ2n) is 7.68. The van der Waals surface area contributed by atoms with Gasteiger partial charge in [0.15, 0.2) is 0 Å². The third kappa shape index (κ3) is 8.37. The Balaban J connectivity index is 2.05. The summed E-state index contributed by atoms with van der Waals surface area (Å²) in [4.78, 5) is 27.7. The molecule has 0 aliphatic rings. The minimum Gasteiger partial charge on any atom is -0.352 e. The number of benzene rings is 2. The maximum absolute atomic E-state index is 13.1. The Morgan fingerprint density at radius 2 is 1.68 bits per heavy atom. The number of carbonyl (C=O) groups excluding carboxylic acids is 2. The fourth-order valence-corrected chi connectivity index (χ4v) is 4.13. The van der Waals surface area contributed by atoms with E-state index >= 15 is 0 Å². The Morgan fingerprint density at radius 3 is 2.29 bits per heavy atom. The smallest absolute Gasteiger partial charge is 0.243 e. The Morgan fingerprint density at radius 1 is 1.00 bits per heavy atom. The quantitative estimate of drug-likeness (QED) is 0.510. The zero-order chi connectivity index (χ0) is 22.6. The van der Waals surface area contributed by atoms with Gasteiger partial charge in [0.05, 0.1) is 5.75 Å². The van der Waals surface area contributed by atoms with Crippen molar-refractivity contribution in [2.24, 2.45) is 0 Å². The number of thioether (sulfide) groups is 1. The maximum Gasteiger partial charge on any atom is 0.243 e. The first-order valence-corrected chi connectivity index (χ1v) is 12.1. The summed E-state index contributed by atoms with van der Waals surface area (Å²) in [7, 11) is 0. The van der Waals surface area contributed by atoms with Crippen LogP contribution in [0.15, 0.2) is 54.6 Å². The van der Waals surface area contributed by atoms with Gasteiger partial charge in [0.2, 0.25) is 11.8 Å². The van der Waals surface area contributed by atoms with Crippen LogP contribution in [0.3, 0.4) is 0 Å². The molecule has 6 heteroatoms. The minimum atomic E-state index is -0.489. The third-order valence-electron chi connectivity index (χ3n) is 5.28.